The molecule has 0 heterocycles. The Morgan fingerprint density at radius 2 is 1.55 bits per heavy atom. The molecule has 1 N–H and O–H groups in total. The van der Waals surface area contributed by atoms with E-state index in [1.807, 2.05) is 73.7 Å². The average molecular weight is 430 g/mol. The Balaban J connectivity index is 1.79. The van der Waals surface area contributed by atoms with Gasteiger partial charge in [-0.2, -0.15) is 0 Å². The van der Waals surface area contributed by atoms with E-state index in [1.54, 1.807) is 37.6 Å². The summed E-state index contributed by atoms with van der Waals surface area (Å²) in [6.07, 6.45) is 1.57. The summed E-state index contributed by atoms with van der Waals surface area (Å²) in [7, 11) is -2.08. The van der Waals surface area contributed by atoms with Crippen LogP contribution in [0, 0.1) is 6.92 Å². The highest BCUT2D eigenvalue weighted by Gasteiger charge is 2.17. The maximum atomic E-state index is 12.9. The number of hydrogen-bond donors (Lipinski definition) is 1. The molecule has 31 heavy (non-hydrogen) atoms. The number of sulfonamides is 1. The lowest BCUT2D eigenvalue weighted by Crippen LogP contribution is -2.18. The number of benzene rings is 2. The van der Waals surface area contributed by atoms with Gasteiger partial charge in [0.2, 0.25) is 0 Å². The van der Waals surface area contributed by atoms with Gasteiger partial charge in [-0.1, -0.05) is 72.3 Å². The molecule has 0 amide bonds. The summed E-state index contributed by atoms with van der Waals surface area (Å²) < 4.78 is 33.7. The van der Waals surface area contributed by atoms with Crippen molar-refractivity contribution in [3.8, 4) is 16.9 Å². The zero-order chi connectivity index (χ0) is 21.8. The van der Waals surface area contributed by atoms with Crippen molar-refractivity contribution in [1.29, 1.82) is 0 Å². The molecule has 0 unspecified atom stereocenters. The summed E-state index contributed by atoms with van der Waals surface area (Å²) in [5, 5.41) is 0. The molecule has 4 rings (SSSR count). The third-order valence-electron chi connectivity index (χ3n) is 5.17. The van der Waals surface area contributed by atoms with Gasteiger partial charge in [0.1, 0.15) is 5.75 Å². The SMILES string of the molecule is COc1ccc(C(=CNS(=O)(=O)c2ccc(C)cc2)c2ccc3cccccc2-3)cc1. The van der Waals surface area contributed by atoms with Crippen LogP contribution in [0.5, 0.6) is 5.75 Å². The topological polar surface area (TPSA) is 55.4 Å². The number of aryl methyl sites for hydroxylation is 1. The van der Waals surface area contributed by atoms with Crippen molar-refractivity contribution >= 4 is 15.6 Å². The van der Waals surface area contributed by atoms with Gasteiger partial charge in [0.05, 0.1) is 12.0 Å². The van der Waals surface area contributed by atoms with Crippen LogP contribution in [0.15, 0.2) is 102 Å². The summed E-state index contributed by atoms with van der Waals surface area (Å²) in [5.41, 5.74) is 5.74. The maximum Gasteiger partial charge on any atom is 0.261 e. The monoisotopic (exact) mass is 429 g/mol. The number of hydrogen-bond acceptors (Lipinski definition) is 3. The minimum Gasteiger partial charge on any atom is -0.497 e. The Hall–Kier alpha value is -3.57. The van der Waals surface area contributed by atoms with Crippen LogP contribution < -0.4 is 9.46 Å². The highest BCUT2D eigenvalue weighted by atomic mass is 32.2. The van der Waals surface area contributed by atoms with Crippen LogP contribution in [0.1, 0.15) is 16.7 Å². The average Bonchev–Trinajstić information content (AvgIpc) is 3.02. The van der Waals surface area contributed by atoms with Crippen LogP contribution in [0.25, 0.3) is 16.7 Å². The van der Waals surface area contributed by atoms with Crippen LogP contribution in [0.3, 0.4) is 0 Å². The zero-order valence-corrected chi connectivity index (χ0v) is 18.2. The van der Waals surface area contributed by atoms with Crippen molar-refractivity contribution < 1.29 is 13.2 Å². The first-order valence-corrected chi connectivity index (χ1v) is 11.4. The molecule has 0 atom stereocenters. The third-order valence-corrected chi connectivity index (χ3v) is 6.49. The molecule has 156 valence electrons. The molecule has 0 spiro atoms. The number of ether oxygens (including phenoxy) is 1. The first-order chi connectivity index (χ1) is 15.0. The fourth-order valence-electron chi connectivity index (χ4n) is 3.46. The molecule has 2 aliphatic carbocycles. The molecule has 0 saturated carbocycles. The first-order valence-electron chi connectivity index (χ1n) is 9.90. The predicted molar refractivity (Wildman–Crippen MR) is 125 cm³/mol. The molecule has 0 fully saturated rings. The molecule has 0 saturated heterocycles. The summed E-state index contributed by atoms with van der Waals surface area (Å²) in [4.78, 5) is 0.224. The third kappa shape index (κ3) is 4.47. The zero-order valence-electron chi connectivity index (χ0n) is 17.4. The van der Waals surface area contributed by atoms with E-state index in [0.29, 0.717) is 0 Å². The fourth-order valence-corrected chi connectivity index (χ4v) is 4.36. The van der Waals surface area contributed by atoms with E-state index >= 15 is 0 Å². The molecule has 5 heteroatoms. The van der Waals surface area contributed by atoms with E-state index in [-0.39, 0.29) is 4.90 Å². The van der Waals surface area contributed by atoms with Gasteiger partial charge >= 0.3 is 0 Å². The van der Waals surface area contributed by atoms with E-state index < -0.39 is 10.0 Å². The van der Waals surface area contributed by atoms with Gasteiger partial charge in [0, 0.05) is 11.8 Å². The summed E-state index contributed by atoms with van der Waals surface area (Å²) in [5.74, 6) is 0.738. The predicted octanol–water partition coefficient (Wildman–Crippen LogP) is 5.48. The van der Waals surface area contributed by atoms with E-state index in [1.165, 1.54) is 0 Å². The van der Waals surface area contributed by atoms with Gasteiger partial charge in [-0.3, -0.25) is 4.72 Å². The number of methoxy groups -OCH3 is 1. The van der Waals surface area contributed by atoms with Crippen molar-refractivity contribution in [3.05, 3.63) is 114 Å². The fraction of sp³-hybridized carbons (Fsp3) is 0.0769. The second-order valence-corrected chi connectivity index (χ2v) is 8.96. The highest BCUT2D eigenvalue weighted by Crippen LogP contribution is 2.35. The molecule has 2 aromatic rings. The summed E-state index contributed by atoms with van der Waals surface area (Å²) in [6.45, 7) is 1.92. The smallest absolute Gasteiger partial charge is 0.261 e. The quantitative estimate of drug-likeness (QED) is 0.442. The minimum absolute atomic E-state index is 0.224. The Labute approximate surface area is 183 Å². The Morgan fingerprint density at radius 1 is 0.839 bits per heavy atom. The Kier molecular flexibility index (Phi) is 5.78. The minimum atomic E-state index is -3.70. The van der Waals surface area contributed by atoms with Gasteiger partial charge in [-0.15, -0.1) is 0 Å². The normalized spacial score (nSPS) is 12.0. The molecule has 2 aliphatic rings. The Bertz CT molecular complexity index is 1290. The van der Waals surface area contributed by atoms with Crippen molar-refractivity contribution in [2.75, 3.05) is 7.11 Å². The molecular formula is C26H23NO3S. The van der Waals surface area contributed by atoms with Gasteiger partial charge in [0.25, 0.3) is 10.0 Å². The lowest BCUT2D eigenvalue weighted by molar-refractivity contribution is 0.415. The highest BCUT2D eigenvalue weighted by molar-refractivity contribution is 7.89. The van der Waals surface area contributed by atoms with Crippen LogP contribution in [0.2, 0.25) is 0 Å². The summed E-state index contributed by atoms with van der Waals surface area (Å²) >= 11 is 0. The molecule has 0 aliphatic heterocycles. The lowest BCUT2D eigenvalue weighted by atomic mass is 9.97. The van der Waals surface area contributed by atoms with E-state index in [4.69, 9.17) is 4.74 Å². The molecular weight excluding hydrogens is 406 g/mol. The van der Waals surface area contributed by atoms with Crippen LogP contribution in [0.4, 0.5) is 0 Å². The van der Waals surface area contributed by atoms with Crippen molar-refractivity contribution in [2.24, 2.45) is 0 Å². The van der Waals surface area contributed by atoms with E-state index in [9.17, 15) is 8.42 Å². The first kappa shape index (κ1) is 20.7. The van der Waals surface area contributed by atoms with E-state index in [0.717, 1.165) is 39.1 Å². The number of nitrogens with one attached hydrogen (secondary N) is 1. The van der Waals surface area contributed by atoms with Crippen LogP contribution in [-0.4, -0.2) is 15.5 Å². The van der Waals surface area contributed by atoms with Crippen molar-refractivity contribution in [2.45, 2.75) is 11.8 Å². The van der Waals surface area contributed by atoms with Gasteiger partial charge < -0.3 is 4.74 Å². The summed E-state index contributed by atoms with van der Waals surface area (Å²) in [6, 6.07) is 28.4. The second-order valence-electron chi connectivity index (χ2n) is 7.25. The molecule has 0 bridgehead atoms. The standard InChI is InChI=1S/C26H23NO3S/c1-19-8-15-23(16-9-19)31(28,29)27-18-26(21-10-13-22(30-2)14-11-21)25-17-12-20-6-4-3-5-7-24(20)25/h3-18,27H,1-2H3. The van der Waals surface area contributed by atoms with Crippen LogP contribution in [-0.2, 0) is 10.0 Å². The van der Waals surface area contributed by atoms with Crippen molar-refractivity contribution in [1.82, 2.24) is 4.72 Å². The molecule has 4 nitrogen and oxygen atoms in total. The van der Waals surface area contributed by atoms with Crippen molar-refractivity contribution in [3.63, 3.8) is 0 Å². The van der Waals surface area contributed by atoms with Gasteiger partial charge in [-0.05, 0) is 53.4 Å². The second kappa shape index (κ2) is 8.66. The van der Waals surface area contributed by atoms with E-state index in [2.05, 4.69) is 4.72 Å². The molecule has 0 radical (unpaired) electrons. The molecule has 2 aromatic carbocycles. The largest absolute Gasteiger partial charge is 0.497 e. The van der Waals surface area contributed by atoms with Gasteiger partial charge in [-0.25, -0.2) is 8.42 Å². The Morgan fingerprint density at radius 3 is 2.26 bits per heavy atom. The number of rotatable bonds is 6. The van der Waals surface area contributed by atoms with Crippen LogP contribution >= 0.6 is 0 Å². The van der Waals surface area contributed by atoms with Gasteiger partial charge in [0.15, 0.2) is 0 Å². The number of fused-ring (bicyclic) bond motifs is 1. The molecule has 0 aromatic heterocycles. The lowest BCUT2D eigenvalue weighted by Gasteiger charge is -2.12. The maximum absolute atomic E-state index is 12.9.